The van der Waals surface area contributed by atoms with E-state index in [1.807, 2.05) is 6.92 Å². The molecule has 6 heavy (non-hydrogen) atoms. The van der Waals surface area contributed by atoms with E-state index in [4.69, 9.17) is 0 Å². The second-order valence-corrected chi connectivity index (χ2v) is 0.955. The van der Waals surface area contributed by atoms with Crippen LogP contribution in [0, 0.1) is 46.9 Å². The Morgan fingerprint density at radius 1 is 1.67 bits per heavy atom. The molecule has 0 spiro atoms. The molecule has 2 heteroatoms. The van der Waals surface area contributed by atoms with Gasteiger partial charge in [-0.2, -0.15) is 0 Å². The van der Waals surface area contributed by atoms with Crippen LogP contribution >= 0.6 is 0 Å². The average Bonchev–Trinajstić information content (AvgIpc) is 1.41. The van der Waals surface area contributed by atoms with Gasteiger partial charge in [-0.1, -0.05) is 6.92 Å². The molecule has 0 rings (SSSR count). The van der Waals surface area contributed by atoms with Gasteiger partial charge in [0.05, 0.1) is 0 Å². The van der Waals surface area contributed by atoms with E-state index in [1.54, 1.807) is 0 Å². The van der Waals surface area contributed by atoms with Crippen molar-refractivity contribution in [3.05, 3.63) is 0 Å². The van der Waals surface area contributed by atoms with Crippen molar-refractivity contribution in [1.29, 1.82) is 0 Å². The first-order valence-electron chi connectivity index (χ1n) is 1.85. The Morgan fingerprint density at radius 2 is 2.17 bits per heavy atom. The maximum atomic E-state index is 9.40. The van der Waals surface area contributed by atoms with E-state index >= 15 is 0 Å². The molecular weight excluding hydrogens is 237 g/mol. The summed E-state index contributed by atoms with van der Waals surface area (Å²) in [7, 11) is 0. The van der Waals surface area contributed by atoms with Crippen LogP contribution in [-0.4, -0.2) is 6.29 Å². The Morgan fingerprint density at radius 3 is 2.17 bits per heavy atom. The Bertz CT molecular complexity index is 28.7. The zero-order valence-corrected chi connectivity index (χ0v) is 5.38. The molecule has 0 saturated carbocycles. The van der Waals surface area contributed by atoms with Crippen molar-refractivity contribution in [3.63, 3.8) is 0 Å². The molecule has 0 aromatic heterocycles. The second kappa shape index (κ2) is 9.50. The molecule has 0 radical (unpaired) electrons. The minimum absolute atomic E-state index is 0. The van der Waals surface area contributed by atoms with Crippen LogP contribution in [0.1, 0.15) is 19.8 Å². The molecule has 0 N–H and O–H groups in total. The van der Waals surface area contributed by atoms with Crippen LogP contribution in [0.2, 0.25) is 0 Å². The predicted octanol–water partition coefficient (Wildman–Crippen LogP) is 0.985. The number of unbranched alkanes of at least 4 members (excludes halogenated alkanes) is 1. The minimum Gasteiger partial charge on any atom is -0.303 e. The SMILES string of the molecule is CCCC=O.[Yb]. The van der Waals surface area contributed by atoms with Crippen molar-refractivity contribution < 1.29 is 51.7 Å². The van der Waals surface area contributed by atoms with Gasteiger partial charge < -0.3 is 4.79 Å². The largest absolute Gasteiger partial charge is 0.303 e. The summed E-state index contributed by atoms with van der Waals surface area (Å²) >= 11 is 0. The van der Waals surface area contributed by atoms with E-state index in [-0.39, 0.29) is 46.9 Å². The predicted molar refractivity (Wildman–Crippen MR) is 21.0 cm³/mol. The maximum absolute atomic E-state index is 9.40. The van der Waals surface area contributed by atoms with Gasteiger partial charge in [-0.15, -0.1) is 0 Å². The maximum Gasteiger partial charge on any atom is 0.119 e. The van der Waals surface area contributed by atoms with Crippen molar-refractivity contribution in [2.45, 2.75) is 19.8 Å². The standard InChI is InChI=1S/C4H8O.Yb/c1-2-3-4-5;/h4H,2-3H2,1H3;. The van der Waals surface area contributed by atoms with Crippen LogP contribution < -0.4 is 0 Å². The van der Waals surface area contributed by atoms with Crippen molar-refractivity contribution in [2.24, 2.45) is 0 Å². The van der Waals surface area contributed by atoms with Gasteiger partial charge in [-0.05, 0) is 6.42 Å². The summed E-state index contributed by atoms with van der Waals surface area (Å²) in [5.74, 6) is 0. The third kappa shape index (κ3) is 8.95. The molecule has 0 fully saturated rings. The van der Waals surface area contributed by atoms with Crippen molar-refractivity contribution in [2.75, 3.05) is 0 Å². The Hall–Kier alpha value is 1.19. The molecular formula is C4H8OYb. The van der Waals surface area contributed by atoms with Gasteiger partial charge in [0.15, 0.2) is 0 Å². The van der Waals surface area contributed by atoms with Crippen LogP contribution in [0.15, 0.2) is 0 Å². The van der Waals surface area contributed by atoms with Gasteiger partial charge in [0.25, 0.3) is 0 Å². The van der Waals surface area contributed by atoms with E-state index in [0.717, 1.165) is 12.7 Å². The monoisotopic (exact) mass is 246 g/mol. The smallest absolute Gasteiger partial charge is 0.119 e. The molecule has 0 aromatic carbocycles. The number of hydrogen-bond donors (Lipinski definition) is 0. The molecule has 44 valence electrons. The number of carbonyl (C=O) groups excluding carboxylic acids is 1. The summed E-state index contributed by atoms with van der Waals surface area (Å²) in [5, 5.41) is 0. The van der Waals surface area contributed by atoms with Gasteiger partial charge in [0.1, 0.15) is 6.29 Å². The summed E-state index contributed by atoms with van der Waals surface area (Å²) in [6.45, 7) is 1.98. The van der Waals surface area contributed by atoms with Crippen molar-refractivity contribution >= 4 is 6.29 Å². The Labute approximate surface area is 76.7 Å². The quantitative estimate of drug-likeness (QED) is 0.663. The molecule has 0 bridgehead atoms. The molecule has 0 atom stereocenters. The van der Waals surface area contributed by atoms with E-state index in [0.29, 0.717) is 6.42 Å². The first-order valence-corrected chi connectivity index (χ1v) is 1.85. The average molecular weight is 245 g/mol. The number of hydrogen-bond acceptors (Lipinski definition) is 1. The number of rotatable bonds is 2. The van der Waals surface area contributed by atoms with Gasteiger partial charge in [0.2, 0.25) is 0 Å². The fraction of sp³-hybridized carbons (Fsp3) is 0.750. The zero-order chi connectivity index (χ0) is 4.12. The minimum atomic E-state index is 0. The summed E-state index contributed by atoms with van der Waals surface area (Å²) in [6, 6.07) is 0. The Kier molecular flexibility index (Phi) is 16.2. The number of aldehydes is 1. The van der Waals surface area contributed by atoms with E-state index in [2.05, 4.69) is 0 Å². The summed E-state index contributed by atoms with van der Waals surface area (Å²) in [4.78, 5) is 9.40. The third-order valence-electron chi connectivity index (χ3n) is 0.407. The molecule has 0 aliphatic carbocycles. The normalized spacial score (nSPS) is 6.17. The fourth-order valence-corrected chi connectivity index (χ4v) is 0.118. The Balaban J connectivity index is 0. The zero-order valence-electron chi connectivity index (χ0n) is 3.67. The second-order valence-electron chi connectivity index (χ2n) is 0.955. The molecule has 0 amide bonds. The van der Waals surface area contributed by atoms with Crippen LogP contribution in [0.3, 0.4) is 0 Å². The van der Waals surface area contributed by atoms with E-state index in [9.17, 15) is 4.79 Å². The molecule has 0 unspecified atom stereocenters. The first-order chi connectivity index (χ1) is 2.41. The summed E-state index contributed by atoms with van der Waals surface area (Å²) < 4.78 is 0. The van der Waals surface area contributed by atoms with Gasteiger partial charge in [0, 0.05) is 53.3 Å². The molecule has 0 saturated heterocycles. The molecule has 0 aliphatic heterocycles. The van der Waals surface area contributed by atoms with E-state index in [1.165, 1.54) is 0 Å². The van der Waals surface area contributed by atoms with Crippen LogP contribution in [-0.2, 0) is 4.79 Å². The third-order valence-corrected chi connectivity index (χ3v) is 0.407. The summed E-state index contributed by atoms with van der Waals surface area (Å²) in [5.41, 5.74) is 0. The molecule has 0 heterocycles. The van der Waals surface area contributed by atoms with Gasteiger partial charge in [-0.25, -0.2) is 0 Å². The topological polar surface area (TPSA) is 17.1 Å². The van der Waals surface area contributed by atoms with Gasteiger partial charge in [-0.3, -0.25) is 0 Å². The summed E-state index contributed by atoms with van der Waals surface area (Å²) in [6.07, 6.45) is 2.61. The first kappa shape index (κ1) is 10.2. The van der Waals surface area contributed by atoms with Crippen molar-refractivity contribution in [1.82, 2.24) is 0 Å². The van der Waals surface area contributed by atoms with Crippen LogP contribution in [0.4, 0.5) is 0 Å². The van der Waals surface area contributed by atoms with Crippen LogP contribution in [0.25, 0.3) is 0 Å². The van der Waals surface area contributed by atoms with E-state index < -0.39 is 0 Å². The van der Waals surface area contributed by atoms with Crippen molar-refractivity contribution in [3.8, 4) is 0 Å². The van der Waals surface area contributed by atoms with Gasteiger partial charge >= 0.3 is 0 Å². The fourth-order valence-electron chi connectivity index (χ4n) is 0.118. The molecule has 0 aromatic rings. The van der Waals surface area contributed by atoms with Crippen LogP contribution in [0.5, 0.6) is 0 Å². The number of carbonyl (C=O) groups is 1. The molecule has 0 aliphatic rings. The molecule has 1 nitrogen and oxygen atoms in total.